The minimum atomic E-state index is 0.583. The molecule has 0 saturated carbocycles. The maximum Gasteiger partial charge on any atom is 0.146 e. The van der Waals surface area contributed by atoms with Crippen LogP contribution in [0.3, 0.4) is 0 Å². The molecule has 82 valence electrons. The normalized spacial score (nSPS) is 10.2. The summed E-state index contributed by atoms with van der Waals surface area (Å²) in [6, 6.07) is 12.9. The topological polar surface area (TPSA) is 9.23 Å². The van der Waals surface area contributed by atoms with Crippen molar-refractivity contribution >= 4 is 23.2 Å². The molecule has 0 unspecified atom stereocenters. The maximum absolute atomic E-state index is 6.00. The summed E-state index contributed by atoms with van der Waals surface area (Å²) in [5, 5.41) is 1.24. The summed E-state index contributed by atoms with van der Waals surface area (Å²) in [7, 11) is 0. The molecule has 16 heavy (non-hydrogen) atoms. The Hall–Kier alpha value is -1.18. The van der Waals surface area contributed by atoms with Crippen molar-refractivity contribution in [3.63, 3.8) is 0 Å². The fourth-order valence-corrected chi connectivity index (χ4v) is 1.87. The van der Waals surface area contributed by atoms with Gasteiger partial charge in [0.25, 0.3) is 0 Å². The molecular formula is C13H10Cl2O. The highest BCUT2D eigenvalue weighted by molar-refractivity contribution is 6.32. The zero-order valence-corrected chi connectivity index (χ0v) is 10.2. The van der Waals surface area contributed by atoms with Crippen LogP contribution in [0, 0.1) is 6.92 Å². The van der Waals surface area contributed by atoms with E-state index in [4.69, 9.17) is 27.9 Å². The number of halogens is 2. The SMILES string of the molecule is Cc1cc(Cl)cc(Oc2ccccc2Cl)c1. The molecule has 1 nitrogen and oxygen atoms in total. The molecule has 0 aliphatic rings. The predicted molar refractivity (Wildman–Crippen MR) is 67.7 cm³/mol. The largest absolute Gasteiger partial charge is 0.456 e. The highest BCUT2D eigenvalue weighted by atomic mass is 35.5. The minimum Gasteiger partial charge on any atom is -0.456 e. The van der Waals surface area contributed by atoms with Crippen molar-refractivity contribution in [1.29, 1.82) is 0 Å². The second-order valence-electron chi connectivity index (χ2n) is 3.50. The van der Waals surface area contributed by atoms with Gasteiger partial charge in [0.15, 0.2) is 0 Å². The van der Waals surface area contributed by atoms with Crippen LogP contribution >= 0.6 is 23.2 Å². The third-order valence-corrected chi connectivity index (χ3v) is 2.61. The van der Waals surface area contributed by atoms with Gasteiger partial charge in [-0.1, -0.05) is 35.3 Å². The van der Waals surface area contributed by atoms with Gasteiger partial charge in [-0.05, 0) is 42.8 Å². The van der Waals surface area contributed by atoms with Crippen LogP contribution in [0.5, 0.6) is 11.5 Å². The molecule has 2 aromatic rings. The van der Waals surface area contributed by atoms with Gasteiger partial charge in [-0.15, -0.1) is 0 Å². The Kier molecular flexibility index (Phi) is 3.37. The summed E-state index contributed by atoms with van der Waals surface area (Å²) in [6.45, 7) is 1.96. The molecular weight excluding hydrogens is 243 g/mol. The Morgan fingerprint density at radius 1 is 1.00 bits per heavy atom. The number of ether oxygens (including phenoxy) is 1. The van der Waals surface area contributed by atoms with E-state index >= 15 is 0 Å². The Morgan fingerprint density at radius 3 is 2.44 bits per heavy atom. The van der Waals surface area contributed by atoms with E-state index in [1.165, 1.54) is 0 Å². The van der Waals surface area contributed by atoms with Gasteiger partial charge in [0.2, 0.25) is 0 Å². The molecule has 0 radical (unpaired) electrons. The van der Waals surface area contributed by atoms with Crippen molar-refractivity contribution in [2.75, 3.05) is 0 Å². The van der Waals surface area contributed by atoms with Crippen molar-refractivity contribution in [1.82, 2.24) is 0 Å². The third kappa shape index (κ3) is 2.69. The van der Waals surface area contributed by atoms with E-state index in [1.54, 1.807) is 12.1 Å². The van der Waals surface area contributed by atoms with Gasteiger partial charge < -0.3 is 4.74 Å². The van der Waals surface area contributed by atoms with Crippen LogP contribution < -0.4 is 4.74 Å². The van der Waals surface area contributed by atoms with E-state index in [9.17, 15) is 0 Å². The predicted octanol–water partition coefficient (Wildman–Crippen LogP) is 5.09. The summed E-state index contributed by atoms with van der Waals surface area (Å²) in [5.74, 6) is 1.32. The number of hydrogen-bond acceptors (Lipinski definition) is 1. The van der Waals surface area contributed by atoms with E-state index in [-0.39, 0.29) is 0 Å². The minimum absolute atomic E-state index is 0.583. The molecule has 0 spiro atoms. The molecule has 0 aliphatic heterocycles. The van der Waals surface area contributed by atoms with E-state index in [1.807, 2.05) is 37.3 Å². The van der Waals surface area contributed by atoms with Crippen molar-refractivity contribution < 1.29 is 4.74 Å². The van der Waals surface area contributed by atoms with Crippen LogP contribution in [0.4, 0.5) is 0 Å². The Morgan fingerprint density at radius 2 is 1.75 bits per heavy atom. The van der Waals surface area contributed by atoms with Crippen LogP contribution in [-0.4, -0.2) is 0 Å². The first kappa shape index (κ1) is 11.3. The van der Waals surface area contributed by atoms with Crippen LogP contribution in [-0.2, 0) is 0 Å². The zero-order chi connectivity index (χ0) is 11.5. The lowest BCUT2D eigenvalue weighted by atomic mass is 10.2. The molecule has 0 bridgehead atoms. The van der Waals surface area contributed by atoms with Crippen molar-refractivity contribution in [3.05, 3.63) is 58.1 Å². The molecule has 2 aromatic carbocycles. The number of para-hydroxylation sites is 1. The average molecular weight is 253 g/mol. The van der Waals surface area contributed by atoms with Gasteiger partial charge >= 0.3 is 0 Å². The number of benzene rings is 2. The van der Waals surface area contributed by atoms with Gasteiger partial charge in [0, 0.05) is 5.02 Å². The first-order chi connectivity index (χ1) is 7.65. The van der Waals surface area contributed by atoms with Gasteiger partial charge in [0.05, 0.1) is 5.02 Å². The van der Waals surface area contributed by atoms with Gasteiger partial charge in [-0.25, -0.2) is 0 Å². The summed E-state index contributed by atoms with van der Waals surface area (Å²) in [5.41, 5.74) is 1.05. The summed E-state index contributed by atoms with van der Waals surface area (Å²) in [4.78, 5) is 0. The molecule has 0 heterocycles. The summed E-state index contributed by atoms with van der Waals surface area (Å²) < 4.78 is 5.65. The lowest BCUT2D eigenvalue weighted by Gasteiger charge is -2.08. The standard InChI is InChI=1S/C13H10Cl2O/c1-9-6-10(14)8-11(7-9)16-13-5-3-2-4-12(13)15/h2-8H,1H3. The monoisotopic (exact) mass is 252 g/mol. The van der Waals surface area contributed by atoms with E-state index < -0.39 is 0 Å². The van der Waals surface area contributed by atoms with Crippen molar-refractivity contribution in [3.8, 4) is 11.5 Å². The van der Waals surface area contributed by atoms with Gasteiger partial charge in [-0.3, -0.25) is 0 Å². The Balaban J connectivity index is 2.30. The fourth-order valence-electron chi connectivity index (χ4n) is 1.42. The van der Waals surface area contributed by atoms with E-state index in [2.05, 4.69) is 0 Å². The molecule has 0 fully saturated rings. The number of aryl methyl sites for hydroxylation is 1. The van der Waals surface area contributed by atoms with Crippen LogP contribution in [0.25, 0.3) is 0 Å². The lowest BCUT2D eigenvalue weighted by molar-refractivity contribution is 0.482. The Bertz CT molecular complexity index is 489. The molecule has 0 N–H and O–H groups in total. The molecule has 0 aliphatic carbocycles. The summed E-state index contributed by atoms with van der Waals surface area (Å²) in [6.07, 6.45) is 0. The number of hydrogen-bond donors (Lipinski definition) is 0. The van der Waals surface area contributed by atoms with Crippen LogP contribution in [0.2, 0.25) is 10.0 Å². The second-order valence-corrected chi connectivity index (χ2v) is 4.34. The lowest BCUT2D eigenvalue weighted by Crippen LogP contribution is -1.86. The van der Waals surface area contributed by atoms with Crippen molar-refractivity contribution in [2.24, 2.45) is 0 Å². The van der Waals surface area contributed by atoms with Gasteiger partial charge in [0.1, 0.15) is 11.5 Å². The quantitative estimate of drug-likeness (QED) is 0.723. The first-order valence-corrected chi connectivity index (χ1v) is 5.60. The maximum atomic E-state index is 6.00. The van der Waals surface area contributed by atoms with Crippen molar-refractivity contribution in [2.45, 2.75) is 6.92 Å². The van der Waals surface area contributed by atoms with Gasteiger partial charge in [-0.2, -0.15) is 0 Å². The molecule has 0 aromatic heterocycles. The zero-order valence-electron chi connectivity index (χ0n) is 8.71. The highest BCUT2D eigenvalue weighted by Gasteiger charge is 2.03. The number of rotatable bonds is 2. The molecule has 0 atom stereocenters. The summed E-state index contributed by atoms with van der Waals surface area (Å²) >= 11 is 11.9. The molecule has 2 rings (SSSR count). The molecule has 3 heteroatoms. The van der Waals surface area contributed by atoms with E-state index in [0.717, 1.165) is 5.56 Å². The van der Waals surface area contributed by atoms with Crippen LogP contribution in [0.15, 0.2) is 42.5 Å². The third-order valence-electron chi connectivity index (χ3n) is 2.08. The Labute approximate surface area is 105 Å². The smallest absolute Gasteiger partial charge is 0.146 e. The molecule has 0 amide bonds. The molecule has 0 saturated heterocycles. The van der Waals surface area contributed by atoms with E-state index in [0.29, 0.717) is 21.5 Å². The fraction of sp³-hybridized carbons (Fsp3) is 0.0769. The average Bonchev–Trinajstić information content (AvgIpc) is 2.20. The second kappa shape index (κ2) is 4.77. The highest BCUT2D eigenvalue weighted by Crippen LogP contribution is 2.30. The first-order valence-electron chi connectivity index (χ1n) is 4.85. The van der Waals surface area contributed by atoms with Crippen LogP contribution in [0.1, 0.15) is 5.56 Å².